The summed E-state index contributed by atoms with van der Waals surface area (Å²) in [5.74, 6) is 0.413. The Morgan fingerprint density at radius 2 is 1.96 bits per heavy atom. The van der Waals surface area contributed by atoms with Crippen LogP contribution in [0.2, 0.25) is 0 Å². The molecule has 0 aliphatic rings. The molecule has 2 heterocycles. The SMILES string of the molecule is COc1ccccc1-c1cc(COC(=O)c2[nH]c(C)c(C(C)=O)c2C)on1. The van der Waals surface area contributed by atoms with E-state index in [1.54, 1.807) is 27.0 Å². The number of rotatable bonds is 6. The van der Waals surface area contributed by atoms with Crippen molar-refractivity contribution < 1.29 is 23.6 Å². The van der Waals surface area contributed by atoms with Crippen LogP contribution in [0.4, 0.5) is 0 Å². The molecule has 0 saturated heterocycles. The molecule has 0 atom stereocenters. The molecule has 0 aliphatic heterocycles. The summed E-state index contributed by atoms with van der Waals surface area (Å²) in [6, 6.07) is 9.11. The summed E-state index contributed by atoms with van der Waals surface area (Å²) < 4.78 is 15.9. The maximum absolute atomic E-state index is 12.4. The molecule has 7 heteroatoms. The Morgan fingerprint density at radius 1 is 1.22 bits per heavy atom. The number of nitrogens with one attached hydrogen (secondary N) is 1. The van der Waals surface area contributed by atoms with Gasteiger partial charge in [0, 0.05) is 22.9 Å². The third-order valence-electron chi connectivity index (χ3n) is 4.28. The number of esters is 1. The van der Waals surface area contributed by atoms with Gasteiger partial charge in [0.15, 0.2) is 18.2 Å². The highest BCUT2D eigenvalue weighted by Crippen LogP contribution is 2.29. The average Bonchev–Trinajstić information content (AvgIpc) is 3.23. The summed E-state index contributed by atoms with van der Waals surface area (Å²) in [7, 11) is 1.58. The van der Waals surface area contributed by atoms with Crippen molar-refractivity contribution in [2.45, 2.75) is 27.4 Å². The first-order valence-electron chi connectivity index (χ1n) is 8.38. The van der Waals surface area contributed by atoms with Gasteiger partial charge in [-0.05, 0) is 38.5 Å². The van der Waals surface area contributed by atoms with E-state index in [9.17, 15) is 9.59 Å². The van der Waals surface area contributed by atoms with Gasteiger partial charge in [-0.25, -0.2) is 4.79 Å². The third kappa shape index (κ3) is 3.62. The molecular weight excluding hydrogens is 348 g/mol. The monoisotopic (exact) mass is 368 g/mol. The Bertz CT molecular complexity index is 1000. The minimum absolute atomic E-state index is 0.0755. The van der Waals surface area contributed by atoms with Gasteiger partial charge < -0.3 is 19.0 Å². The zero-order chi connectivity index (χ0) is 19.6. The Balaban J connectivity index is 1.73. The number of ether oxygens (including phenoxy) is 2. The smallest absolute Gasteiger partial charge is 0.355 e. The topological polar surface area (TPSA) is 94.4 Å². The molecule has 3 rings (SSSR count). The van der Waals surface area contributed by atoms with E-state index in [1.165, 1.54) is 6.92 Å². The number of para-hydroxylation sites is 1. The molecule has 0 fully saturated rings. The number of Topliss-reactive ketones (excluding diaryl/α,β-unsaturated/α-hetero) is 1. The Hall–Kier alpha value is -3.35. The lowest BCUT2D eigenvalue weighted by Crippen LogP contribution is -2.07. The molecular formula is C20H20N2O5. The van der Waals surface area contributed by atoms with Crippen LogP contribution in [0.5, 0.6) is 5.75 Å². The number of carbonyl (C=O) groups excluding carboxylic acids is 2. The van der Waals surface area contributed by atoms with Gasteiger partial charge in [0.2, 0.25) is 0 Å². The molecule has 1 N–H and O–H groups in total. The van der Waals surface area contributed by atoms with Crippen LogP contribution in [0.25, 0.3) is 11.3 Å². The molecule has 0 radical (unpaired) electrons. The van der Waals surface area contributed by atoms with Crippen molar-refractivity contribution in [3.63, 3.8) is 0 Å². The number of hydrogen-bond donors (Lipinski definition) is 1. The number of benzene rings is 1. The number of nitrogens with zero attached hydrogens (tertiary/aromatic N) is 1. The first kappa shape index (κ1) is 18.4. The summed E-state index contributed by atoms with van der Waals surface area (Å²) in [5, 5.41) is 4.01. The number of aromatic nitrogens is 2. The predicted molar refractivity (Wildman–Crippen MR) is 97.9 cm³/mol. The van der Waals surface area contributed by atoms with Gasteiger partial charge in [0.1, 0.15) is 17.1 Å². The van der Waals surface area contributed by atoms with E-state index in [-0.39, 0.29) is 18.1 Å². The van der Waals surface area contributed by atoms with Crippen molar-refractivity contribution in [1.82, 2.24) is 10.1 Å². The van der Waals surface area contributed by atoms with E-state index < -0.39 is 5.97 Å². The summed E-state index contributed by atoms with van der Waals surface area (Å²) >= 11 is 0. The summed E-state index contributed by atoms with van der Waals surface area (Å²) in [6.45, 7) is 4.85. The lowest BCUT2D eigenvalue weighted by atomic mass is 10.1. The first-order chi connectivity index (χ1) is 12.9. The highest BCUT2D eigenvalue weighted by molar-refractivity contribution is 6.01. The highest BCUT2D eigenvalue weighted by Gasteiger charge is 2.21. The summed E-state index contributed by atoms with van der Waals surface area (Å²) in [6.07, 6.45) is 0. The van der Waals surface area contributed by atoms with Crippen molar-refractivity contribution in [1.29, 1.82) is 0 Å². The van der Waals surface area contributed by atoms with Gasteiger partial charge in [0.25, 0.3) is 0 Å². The molecule has 0 amide bonds. The zero-order valence-corrected chi connectivity index (χ0v) is 15.6. The maximum Gasteiger partial charge on any atom is 0.355 e. The minimum Gasteiger partial charge on any atom is -0.496 e. The molecule has 27 heavy (non-hydrogen) atoms. The van der Waals surface area contributed by atoms with Crippen molar-refractivity contribution in [3.05, 3.63) is 58.6 Å². The fourth-order valence-corrected chi connectivity index (χ4v) is 3.06. The van der Waals surface area contributed by atoms with Crippen LogP contribution < -0.4 is 4.74 Å². The van der Waals surface area contributed by atoms with Crippen LogP contribution in [0, 0.1) is 13.8 Å². The highest BCUT2D eigenvalue weighted by atomic mass is 16.5. The quantitative estimate of drug-likeness (QED) is 0.524. The van der Waals surface area contributed by atoms with E-state index >= 15 is 0 Å². The molecule has 0 saturated carbocycles. The fourth-order valence-electron chi connectivity index (χ4n) is 3.06. The zero-order valence-electron chi connectivity index (χ0n) is 15.6. The van der Waals surface area contributed by atoms with E-state index in [1.807, 2.05) is 24.3 Å². The second kappa shape index (κ2) is 7.49. The molecule has 3 aromatic rings. The molecule has 0 unspecified atom stereocenters. The fraction of sp³-hybridized carbons (Fsp3) is 0.250. The number of aromatic amines is 1. The summed E-state index contributed by atoms with van der Waals surface area (Å²) in [5.41, 5.74) is 3.37. The molecule has 1 aromatic carbocycles. The lowest BCUT2D eigenvalue weighted by Gasteiger charge is -2.04. The number of methoxy groups -OCH3 is 1. The molecule has 2 aromatic heterocycles. The van der Waals surface area contributed by atoms with E-state index in [2.05, 4.69) is 10.1 Å². The minimum atomic E-state index is -0.557. The van der Waals surface area contributed by atoms with Gasteiger partial charge in [-0.1, -0.05) is 17.3 Å². The van der Waals surface area contributed by atoms with Gasteiger partial charge in [0.05, 0.1) is 7.11 Å². The summed E-state index contributed by atoms with van der Waals surface area (Å²) in [4.78, 5) is 27.0. The molecule has 140 valence electrons. The van der Waals surface area contributed by atoms with Crippen molar-refractivity contribution in [3.8, 4) is 17.0 Å². The van der Waals surface area contributed by atoms with Crippen LogP contribution >= 0.6 is 0 Å². The van der Waals surface area contributed by atoms with Gasteiger partial charge in [-0.3, -0.25) is 4.79 Å². The van der Waals surface area contributed by atoms with Crippen LogP contribution in [-0.2, 0) is 11.3 Å². The van der Waals surface area contributed by atoms with Gasteiger partial charge >= 0.3 is 5.97 Å². The number of aryl methyl sites for hydroxylation is 1. The van der Waals surface area contributed by atoms with Crippen LogP contribution in [0.15, 0.2) is 34.9 Å². The van der Waals surface area contributed by atoms with Crippen LogP contribution in [-0.4, -0.2) is 29.0 Å². The van der Waals surface area contributed by atoms with E-state index in [0.717, 1.165) is 5.56 Å². The number of carbonyl (C=O) groups is 2. The normalized spacial score (nSPS) is 10.7. The Morgan fingerprint density at radius 3 is 2.63 bits per heavy atom. The Kier molecular flexibility index (Phi) is 5.12. The number of ketones is 1. The molecule has 0 aliphatic carbocycles. The molecule has 7 nitrogen and oxygen atoms in total. The van der Waals surface area contributed by atoms with Gasteiger partial charge in [-0.2, -0.15) is 0 Å². The molecule has 0 spiro atoms. The second-order valence-electron chi connectivity index (χ2n) is 6.14. The van der Waals surface area contributed by atoms with Crippen LogP contribution in [0.1, 0.15) is 44.8 Å². The van der Waals surface area contributed by atoms with E-state index in [0.29, 0.717) is 34.0 Å². The van der Waals surface area contributed by atoms with Crippen LogP contribution in [0.3, 0.4) is 0 Å². The largest absolute Gasteiger partial charge is 0.496 e. The average molecular weight is 368 g/mol. The molecule has 0 bridgehead atoms. The van der Waals surface area contributed by atoms with E-state index in [4.69, 9.17) is 14.0 Å². The standard InChI is InChI=1S/C20H20N2O5/c1-11-18(13(3)23)12(2)21-19(11)20(24)26-10-14-9-16(22-27-14)15-7-5-6-8-17(15)25-4/h5-9,21H,10H2,1-4H3. The number of hydrogen-bond acceptors (Lipinski definition) is 6. The predicted octanol–water partition coefficient (Wildman–Crippen LogP) is 3.85. The lowest BCUT2D eigenvalue weighted by molar-refractivity contribution is 0.0430. The number of H-pyrrole nitrogens is 1. The van der Waals surface area contributed by atoms with Crippen molar-refractivity contribution >= 4 is 11.8 Å². The second-order valence-corrected chi connectivity index (χ2v) is 6.14. The van der Waals surface area contributed by atoms with Crippen molar-refractivity contribution in [2.75, 3.05) is 7.11 Å². The Labute approximate surface area is 156 Å². The first-order valence-corrected chi connectivity index (χ1v) is 8.38. The van der Waals surface area contributed by atoms with Gasteiger partial charge in [-0.15, -0.1) is 0 Å². The van der Waals surface area contributed by atoms with Crippen molar-refractivity contribution in [2.24, 2.45) is 0 Å². The maximum atomic E-state index is 12.4. The third-order valence-corrected chi connectivity index (χ3v) is 4.28.